The molecule has 1 heterocycles. The molecule has 0 fully saturated rings. The van der Waals surface area contributed by atoms with E-state index < -0.39 is 23.7 Å². The molecule has 0 amide bonds. The van der Waals surface area contributed by atoms with Crippen LogP contribution in [0.3, 0.4) is 0 Å². The predicted octanol–water partition coefficient (Wildman–Crippen LogP) is 4.92. The van der Waals surface area contributed by atoms with Crippen LogP contribution in [0.2, 0.25) is 0 Å². The minimum Gasteiger partial charge on any atom is -0.487 e. The number of rotatable bonds is 6. The van der Waals surface area contributed by atoms with E-state index in [1.807, 2.05) is 5.38 Å². The predicted molar refractivity (Wildman–Crippen MR) is 93.1 cm³/mol. The number of benzene rings is 2. The molecular weight excluding hydrogens is 360 g/mol. The first-order valence-electron chi connectivity index (χ1n) is 7.79. The third-order valence-corrected chi connectivity index (χ3v) is 4.26. The van der Waals surface area contributed by atoms with Gasteiger partial charge in [0.1, 0.15) is 30.1 Å². The van der Waals surface area contributed by atoms with Crippen LogP contribution in [-0.4, -0.2) is 11.0 Å². The average Bonchev–Trinajstić information content (AvgIpc) is 3.15. The number of thiazole rings is 1. The van der Waals surface area contributed by atoms with Crippen LogP contribution in [0.1, 0.15) is 34.6 Å². The van der Waals surface area contributed by atoms with Crippen LogP contribution >= 0.6 is 11.3 Å². The SMILES string of the molecule is CC(OC(=O)c1cccc(OCc2cscn2)c1)c1cc(F)ccc1F. The summed E-state index contributed by atoms with van der Waals surface area (Å²) in [7, 11) is 0. The molecule has 0 aliphatic carbocycles. The number of nitrogens with zero attached hydrogens (tertiary/aromatic N) is 1. The summed E-state index contributed by atoms with van der Waals surface area (Å²) < 4.78 is 37.9. The minimum atomic E-state index is -0.933. The Bertz CT molecular complexity index is 900. The first-order chi connectivity index (χ1) is 12.5. The van der Waals surface area contributed by atoms with Crippen molar-refractivity contribution in [3.8, 4) is 5.75 Å². The molecule has 0 radical (unpaired) electrons. The van der Waals surface area contributed by atoms with Crippen molar-refractivity contribution < 1.29 is 23.0 Å². The van der Waals surface area contributed by atoms with Gasteiger partial charge in [0.25, 0.3) is 0 Å². The molecule has 0 saturated heterocycles. The molecule has 0 spiro atoms. The van der Waals surface area contributed by atoms with E-state index in [2.05, 4.69) is 4.98 Å². The highest BCUT2D eigenvalue weighted by molar-refractivity contribution is 7.07. The zero-order valence-electron chi connectivity index (χ0n) is 13.8. The molecule has 0 saturated carbocycles. The van der Waals surface area contributed by atoms with Gasteiger partial charge in [0.15, 0.2) is 0 Å². The molecular formula is C19H15F2NO3S. The maximum atomic E-state index is 13.8. The number of carbonyl (C=O) groups excluding carboxylic acids is 1. The van der Waals surface area contributed by atoms with Crippen LogP contribution in [0, 0.1) is 11.6 Å². The van der Waals surface area contributed by atoms with Gasteiger partial charge in [-0.2, -0.15) is 0 Å². The van der Waals surface area contributed by atoms with E-state index in [-0.39, 0.29) is 17.7 Å². The standard InChI is InChI=1S/C19H15F2NO3S/c1-12(17-8-14(20)5-6-18(17)21)25-19(23)13-3-2-4-16(7-13)24-9-15-10-26-11-22-15/h2-8,10-12H,9H2,1H3. The molecule has 3 rings (SSSR count). The third-order valence-electron chi connectivity index (χ3n) is 3.62. The molecule has 2 aromatic carbocycles. The molecule has 0 aliphatic rings. The van der Waals surface area contributed by atoms with E-state index >= 15 is 0 Å². The summed E-state index contributed by atoms with van der Waals surface area (Å²) in [4.78, 5) is 16.4. The lowest BCUT2D eigenvalue weighted by atomic mass is 10.1. The van der Waals surface area contributed by atoms with Crippen molar-refractivity contribution in [1.82, 2.24) is 4.98 Å². The Balaban J connectivity index is 1.67. The smallest absolute Gasteiger partial charge is 0.338 e. The summed E-state index contributed by atoms with van der Waals surface area (Å²) in [6.07, 6.45) is -0.933. The summed E-state index contributed by atoms with van der Waals surface area (Å²) in [6.45, 7) is 1.77. The van der Waals surface area contributed by atoms with E-state index in [1.54, 1.807) is 23.7 Å². The molecule has 0 N–H and O–H groups in total. The lowest BCUT2D eigenvalue weighted by Crippen LogP contribution is -2.11. The van der Waals surface area contributed by atoms with E-state index in [0.29, 0.717) is 5.75 Å². The van der Waals surface area contributed by atoms with Crippen molar-refractivity contribution in [2.45, 2.75) is 19.6 Å². The Morgan fingerprint density at radius 1 is 1.23 bits per heavy atom. The van der Waals surface area contributed by atoms with Gasteiger partial charge >= 0.3 is 5.97 Å². The summed E-state index contributed by atoms with van der Waals surface area (Å²) in [5.41, 5.74) is 2.73. The topological polar surface area (TPSA) is 48.4 Å². The third kappa shape index (κ3) is 4.43. The monoisotopic (exact) mass is 375 g/mol. The van der Waals surface area contributed by atoms with Crippen LogP contribution in [0.15, 0.2) is 53.4 Å². The number of aromatic nitrogens is 1. The van der Waals surface area contributed by atoms with Gasteiger partial charge < -0.3 is 9.47 Å². The second-order valence-corrected chi connectivity index (χ2v) is 6.23. The molecule has 1 aromatic heterocycles. The van der Waals surface area contributed by atoms with Crippen molar-refractivity contribution in [2.75, 3.05) is 0 Å². The molecule has 3 aromatic rings. The Kier molecular flexibility index (Phi) is 5.58. The number of hydrogen-bond donors (Lipinski definition) is 0. The lowest BCUT2D eigenvalue weighted by molar-refractivity contribution is 0.0330. The van der Waals surface area contributed by atoms with E-state index in [0.717, 1.165) is 23.9 Å². The van der Waals surface area contributed by atoms with Crippen molar-refractivity contribution in [1.29, 1.82) is 0 Å². The van der Waals surface area contributed by atoms with Crippen LogP contribution in [0.25, 0.3) is 0 Å². The van der Waals surface area contributed by atoms with E-state index in [4.69, 9.17) is 9.47 Å². The lowest BCUT2D eigenvalue weighted by Gasteiger charge is -2.15. The Morgan fingerprint density at radius 3 is 2.85 bits per heavy atom. The van der Waals surface area contributed by atoms with Gasteiger partial charge in [-0.3, -0.25) is 0 Å². The molecule has 134 valence electrons. The van der Waals surface area contributed by atoms with Gasteiger partial charge in [0, 0.05) is 10.9 Å². The zero-order chi connectivity index (χ0) is 18.5. The summed E-state index contributed by atoms with van der Waals surface area (Å²) in [5.74, 6) is -1.40. The fourth-order valence-corrected chi connectivity index (χ4v) is 2.84. The number of hydrogen-bond acceptors (Lipinski definition) is 5. The van der Waals surface area contributed by atoms with E-state index in [9.17, 15) is 13.6 Å². The van der Waals surface area contributed by atoms with Crippen molar-refractivity contribution in [3.63, 3.8) is 0 Å². The number of halogens is 2. The second-order valence-electron chi connectivity index (χ2n) is 5.51. The summed E-state index contributed by atoms with van der Waals surface area (Å²) >= 11 is 1.47. The summed E-state index contributed by atoms with van der Waals surface area (Å²) in [6, 6.07) is 9.48. The van der Waals surface area contributed by atoms with Crippen LogP contribution in [0.5, 0.6) is 5.75 Å². The van der Waals surface area contributed by atoms with Gasteiger partial charge in [0.05, 0.1) is 16.8 Å². The first-order valence-corrected chi connectivity index (χ1v) is 8.73. The second kappa shape index (κ2) is 8.05. The minimum absolute atomic E-state index is 0.0192. The Labute approximate surface area is 153 Å². The largest absolute Gasteiger partial charge is 0.487 e. The normalized spacial score (nSPS) is 11.8. The van der Waals surface area contributed by atoms with Crippen molar-refractivity contribution in [2.24, 2.45) is 0 Å². The average molecular weight is 375 g/mol. The Morgan fingerprint density at radius 2 is 2.08 bits per heavy atom. The summed E-state index contributed by atoms with van der Waals surface area (Å²) in [5, 5.41) is 1.87. The molecule has 4 nitrogen and oxygen atoms in total. The van der Waals surface area contributed by atoms with Crippen molar-refractivity contribution >= 4 is 17.3 Å². The fourth-order valence-electron chi connectivity index (χ4n) is 2.30. The van der Waals surface area contributed by atoms with Gasteiger partial charge in [-0.1, -0.05) is 6.07 Å². The quantitative estimate of drug-likeness (QED) is 0.574. The van der Waals surface area contributed by atoms with Gasteiger partial charge in [-0.25, -0.2) is 18.6 Å². The zero-order valence-corrected chi connectivity index (χ0v) is 14.6. The van der Waals surface area contributed by atoms with Gasteiger partial charge in [-0.05, 0) is 43.3 Å². The van der Waals surface area contributed by atoms with Crippen molar-refractivity contribution in [3.05, 3.63) is 81.8 Å². The highest BCUT2D eigenvalue weighted by atomic mass is 32.1. The van der Waals surface area contributed by atoms with Crippen LogP contribution in [0.4, 0.5) is 8.78 Å². The fraction of sp³-hybridized carbons (Fsp3) is 0.158. The maximum absolute atomic E-state index is 13.8. The number of carbonyl (C=O) groups is 1. The molecule has 0 aliphatic heterocycles. The molecule has 7 heteroatoms. The molecule has 1 atom stereocenters. The Hall–Kier alpha value is -2.80. The highest BCUT2D eigenvalue weighted by Crippen LogP contribution is 2.23. The number of esters is 1. The van der Waals surface area contributed by atoms with Crippen LogP contribution in [-0.2, 0) is 11.3 Å². The molecule has 1 unspecified atom stereocenters. The highest BCUT2D eigenvalue weighted by Gasteiger charge is 2.18. The van der Waals surface area contributed by atoms with Crippen LogP contribution < -0.4 is 4.74 Å². The van der Waals surface area contributed by atoms with Gasteiger partial charge in [0.2, 0.25) is 0 Å². The molecule has 0 bridgehead atoms. The number of ether oxygens (including phenoxy) is 2. The van der Waals surface area contributed by atoms with E-state index in [1.165, 1.54) is 24.3 Å². The van der Waals surface area contributed by atoms with Gasteiger partial charge in [-0.15, -0.1) is 11.3 Å². The first kappa shape index (κ1) is 18.0. The molecule has 26 heavy (non-hydrogen) atoms. The maximum Gasteiger partial charge on any atom is 0.338 e.